The summed E-state index contributed by atoms with van der Waals surface area (Å²) in [7, 11) is 0. The Morgan fingerprint density at radius 3 is 2.62 bits per heavy atom. The van der Waals surface area contributed by atoms with Crippen molar-refractivity contribution >= 4 is 23.5 Å². The summed E-state index contributed by atoms with van der Waals surface area (Å²) >= 11 is 5.85. The molecule has 2 atom stereocenters. The molecule has 1 aromatic rings. The fourth-order valence-corrected chi connectivity index (χ4v) is 2.83. The Kier molecular flexibility index (Phi) is 4.67. The standard InChI is InChI=1S/C14H18ClN3O3/c1-9-4-3-5-10(2)17(9)16-8-11-6-12(15)7-13(14(11)19)18(20)21/h6-10,19H,3-5H2,1-2H3. The third-order valence-corrected chi connectivity index (χ3v) is 3.98. The fraction of sp³-hybridized carbons (Fsp3) is 0.500. The van der Waals surface area contributed by atoms with Crippen LogP contribution in [0.25, 0.3) is 0 Å². The predicted octanol–water partition coefficient (Wildman–Crippen LogP) is 3.55. The number of benzene rings is 1. The van der Waals surface area contributed by atoms with Crippen LogP contribution in [-0.4, -0.2) is 33.3 Å². The highest BCUT2D eigenvalue weighted by molar-refractivity contribution is 6.31. The molecule has 0 bridgehead atoms. The molecule has 0 amide bonds. The Bertz CT molecular complexity index is 567. The Morgan fingerprint density at radius 2 is 2.05 bits per heavy atom. The summed E-state index contributed by atoms with van der Waals surface area (Å²) in [5, 5.41) is 27.4. The maximum Gasteiger partial charge on any atom is 0.312 e. The van der Waals surface area contributed by atoms with Crippen LogP contribution in [0.4, 0.5) is 5.69 Å². The minimum Gasteiger partial charge on any atom is -0.502 e. The molecular formula is C14H18ClN3O3. The SMILES string of the molecule is CC1CCCC(C)N1N=Cc1cc(Cl)cc([N+](=O)[O-])c1O. The van der Waals surface area contributed by atoms with E-state index in [2.05, 4.69) is 18.9 Å². The fourth-order valence-electron chi connectivity index (χ4n) is 2.61. The van der Waals surface area contributed by atoms with E-state index >= 15 is 0 Å². The van der Waals surface area contributed by atoms with Gasteiger partial charge in [-0.25, -0.2) is 0 Å². The molecule has 1 fully saturated rings. The predicted molar refractivity (Wildman–Crippen MR) is 82.0 cm³/mol. The van der Waals surface area contributed by atoms with Gasteiger partial charge in [-0.15, -0.1) is 0 Å². The molecule has 0 radical (unpaired) electrons. The second-order valence-corrected chi connectivity index (χ2v) is 5.81. The van der Waals surface area contributed by atoms with Crippen molar-refractivity contribution in [3.05, 3.63) is 32.8 Å². The van der Waals surface area contributed by atoms with Crippen molar-refractivity contribution in [1.29, 1.82) is 0 Å². The van der Waals surface area contributed by atoms with Crippen molar-refractivity contribution < 1.29 is 10.0 Å². The van der Waals surface area contributed by atoms with Crippen LogP contribution in [0, 0.1) is 10.1 Å². The summed E-state index contributed by atoms with van der Waals surface area (Å²) in [6.45, 7) is 4.18. The number of nitro groups is 1. The van der Waals surface area contributed by atoms with Gasteiger partial charge in [-0.1, -0.05) is 11.6 Å². The molecule has 1 N–H and O–H groups in total. The Balaban J connectivity index is 2.30. The van der Waals surface area contributed by atoms with Gasteiger partial charge in [-0.3, -0.25) is 15.1 Å². The Hall–Kier alpha value is -1.82. The summed E-state index contributed by atoms with van der Waals surface area (Å²) in [5.41, 5.74) is -0.164. The normalized spacial score (nSPS) is 22.7. The Morgan fingerprint density at radius 1 is 1.43 bits per heavy atom. The second kappa shape index (κ2) is 6.30. The number of phenols is 1. The van der Waals surface area contributed by atoms with Gasteiger partial charge in [0.1, 0.15) is 0 Å². The van der Waals surface area contributed by atoms with E-state index < -0.39 is 16.4 Å². The number of nitro benzene ring substituents is 1. The topological polar surface area (TPSA) is 79.0 Å². The molecule has 6 nitrogen and oxygen atoms in total. The molecule has 0 aliphatic carbocycles. The lowest BCUT2D eigenvalue weighted by Gasteiger charge is -2.36. The summed E-state index contributed by atoms with van der Waals surface area (Å²) in [4.78, 5) is 10.2. The van der Waals surface area contributed by atoms with Crippen LogP contribution < -0.4 is 0 Å². The monoisotopic (exact) mass is 311 g/mol. The highest BCUT2D eigenvalue weighted by Gasteiger charge is 2.23. The third kappa shape index (κ3) is 3.44. The molecule has 21 heavy (non-hydrogen) atoms. The number of hydrogen-bond acceptors (Lipinski definition) is 5. The zero-order valence-corrected chi connectivity index (χ0v) is 12.7. The zero-order chi connectivity index (χ0) is 15.6. The van der Waals surface area contributed by atoms with Gasteiger partial charge in [0.15, 0.2) is 0 Å². The number of hydrogen-bond donors (Lipinski definition) is 1. The van der Waals surface area contributed by atoms with Crippen LogP contribution in [0.15, 0.2) is 17.2 Å². The van der Waals surface area contributed by atoms with E-state index in [1.54, 1.807) is 0 Å². The molecular weight excluding hydrogens is 294 g/mol. The van der Waals surface area contributed by atoms with E-state index in [0.29, 0.717) is 12.1 Å². The van der Waals surface area contributed by atoms with Crippen molar-refractivity contribution in [2.75, 3.05) is 0 Å². The number of piperidine rings is 1. The van der Waals surface area contributed by atoms with Gasteiger partial charge >= 0.3 is 5.69 Å². The van der Waals surface area contributed by atoms with Crippen molar-refractivity contribution in [3.63, 3.8) is 0 Å². The minimum absolute atomic E-state index is 0.195. The molecule has 0 spiro atoms. The van der Waals surface area contributed by atoms with Crippen molar-refractivity contribution in [2.24, 2.45) is 5.10 Å². The molecule has 1 aliphatic rings. The summed E-state index contributed by atoms with van der Waals surface area (Å²) in [6.07, 6.45) is 4.72. The second-order valence-electron chi connectivity index (χ2n) is 5.37. The number of halogens is 1. The summed E-state index contributed by atoms with van der Waals surface area (Å²) < 4.78 is 0. The van der Waals surface area contributed by atoms with Gasteiger partial charge in [0.05, 0.1) is 11.1 Å². The molecule has 2 unspecified atom stereocenters. The molecule has 0 aromatic heterocycles. The van der Waals surface area contributed by atoms with Crippen molar-refractivity contribution in [1.82, 2.24) is 5.01 Å². The summed E-state index contributed by atoms with van der Waals surface area (Å²) in [6, 6.07) is 3.20. The number of phenolic OH excluding ortho intramolecular Hbond substituents is 1. The lowest BCUT2D eigenvalue weighted by atomic mass is 10.00. The first-order valence-electron chi connectivity index (χ1n) is 6.89. The molecule has 7 heteroatoms. The van der Waals surface area contributed by atoms with Gasteiger partial charge in [0.25, 0.3) is 0 Å². The van der Waals surface area contributed by atoms with Gasteiger partial charge in [0.2, 0.25) is 5.75 Å². The van der Waals surface area contributed by atoms with E-state index in [9.17, 15) is 15.2 Å². The van der Waals surface area contributed by atoms with E-state index in [-0.39, 0.29) is 10.6 Å². The van der Waals surface area contributed by atoms with Crippen LogP contribution >= 0.6 is 11.6 Å². The summed E-state index contributed by atoms with van der Waals surface area (Å²) in [5.74, 6) is -0.412. The minimum atomic E-state index is -0.662. The molecule has 1 aliphatic heterocycles. The molecule has 114 valence electrons. The van der Waals surface area contributed by atoms with Crippen LogP contribution in [0.3, 0.4) is 0 Å². The molecule has 1 aromatic carbocycles. The van der Waals surface area contributed by atoms with Crippen LogP contribution in [0.1, 0.15) is 38.7 Å². The molecule has 1 heterocycles. The average molecular weight is 312 g/mol. The lowest BCUT2D eigenvalue weighted by Crippen LogP contribution is -2.39. The van der Waals surface area contributed by atoms with Crippen LogP contribution in [0.5, 0.6) is 5.75 Å². The Labute approximate surface area is 128 Å². The quantitative estimate of drug-likeness (QED) is 0.526. The lowest BCUT2D eigenvalue weighted by molar-refractivity contribution is -0.385. The van der Waals surface area contributed by atoms with E-state index in [1.165, 1.54) is 18.7 Å². The molecule has 2 rings (SSSR count). The van der Waals surface area contributed by atoms with Gasteiger partial charge in [-0.2, -0.15) is 5.10 Å². The number of nitrogens with zero attached hydrogens (tertiary/aromatic N) is 3. The first kappa shape index (κ1) is 15.6. The maximum atomic E-state index is 10.9. The van der Waals surface area contributed by atoms with E-state index in [0.717, 1.165) is 18.9 Å². The highest BCUT2D eigenvalue weighted by Crippen LogP contribution is 2.32. The highest BCUT2D eigenvalue weighted by atomic mass is 35.5. The van der Waals surface area contributed by atoms with Crippen LogP contribution in [0.2, 0.25) is 5.02 Å². The average Bonchev–Trinajstić information content (AvgIpc) is 2.41. The molecule has 0 saturated carbocycles. The molecule has 1 saturated heterocycles. The van der Waals surface area contributed by atoms with E-state index in [4.69, 9.17) is 11.6 Å². The number of rotatable bonds is 3. The van der Waals surface area contributed by atoms with Crippen LogP contribution in [-0.2, 0) is 0 Å². The smallest absolute Gasteiger partial charge is 0.312 e. The van der Waals surface area contributed by atoms with Gasteiger partial charge < -0.3 is 5.11 Å². The first-order chi connectivity index (χ1) is 9.90. The zero-order valence-electron chi connectivity index (χ0n) is 12.0. The van der Waals surface area contributed by atoms with Gasteiger partial charge in [0, 0.05) is 28.7 Å². The van der Waals surface area contributed by atoms with Crippen molar-refractivity contribution in [3.8, 4) is 5.75 Å². The third-order valence-electron chi connectivity index (χ3n) is 3.76. The maximum absolute atomic E-state index is 10.9. The largest absolute Gasteiger partial charge is 0.502 e. The van der Waals surface area contributed by atoms with Crippen molar-refractivity contribution in [2.45, 2.75) is 45.2 Å². The first-order valence-corrected chi connectivity index (χ1v) is 7.27. The van der Waals surface area contributed by atoms with Gasteiger partial charge in [-0.05, 0) is 39.2 Å². The number of aromatic hydroxyl groups is 1. The van der Waals surface area contributed by atoms with E-state index in [1.807, 2.05) is 5.01 Å². The number of hydrazone groups is 1.